The first kappa shape index (κ1) is 27.5. The van der Waals surface area contributed by atoms with Gasteiger partial charge in [0.05, 0.1) is 12.6 Å². The van der Waals surface area contributed by atoms with Gasteiger partial charge in [-0.1, -0.05) is 12.1 Å². The van der Waals surface area contributed by atoms with Gasteiger partial charge in [0.2, 0.25) is 0 Å². The van der Waals surface area contributed by atoms with E-state index in [0.717, 1.165) is 51.4 Å². The van der Waals surface area contributed by atoms with Gasteiger partial charge in [0, 0.05) is 60.9 Å². The number of carbonyl (C=O) groups is 1. The van der Waals surface area contributed by atoms with Crippen molar-refractivity contribution >= 4 is 23.2 Å². The van der Waals surface area contributed by atoms with Gasteiger partial charge >= 0.3 is 6.09 Å². The van der Waals surface area contributed by atoms with E-state index in [0.29, 0.717) is 24.6 Å². The standard InChI is InChI=1S/C32H37FN4O3/c1-20-8-9-21(33)16-27(20)37-19-25-23(12-13-26-30(25)28(37)18-32(2,3)34-26)24-11-10-22(17-29(24)39-7)40-31(38)36(6)15-14-35(4)5/h8-13,16-18,34H,14-15,19H2,1-7H3. The van der Waals surface area contributed by atoms with Crippen molar-refractivity contribution in [3.05, 3.63) is 77.1 Å². The summed E-state index contributed by atoms with van der Waals surface area (Å²) in [6.45, 7) is 8.15. The molecule has 0 fully saturated rings. The average molecular weight is 545 g/mol. The van der Waals surface area contributed by atoms with Gasteiger partial charge in [-0.2, -0.15) is 0 Å². The Kier molecular flexibility index (Phi) is 7.23. The van der Waals surface area contributed by atoms with Crippen LogP contribution in [-0.4, -0.2) is 62.8 Å². The second-order valence-corrected chi connectivity index (χ2v) is 11.4. The van der Waals surface area contributed by atoms with E-state index in [1.54, 1.807) is 37.3 Å². The van der Waals surface area contributed by atoms with Crippen molar-refractivity contribution in [1.29, 1.82) is 0 Å². The number of aryl methyl sites for hydroxylation is 1. The van der Waals surface area contributed by atoms with E-state index >= 15 is 0 Å². The smallest absolute Gasteiger partial charge is 0.415 e. The van der Waals surface area contributed by atoms with Crippen molar-refractivity contribution in [2.75, 3.05) is 51.6 Å². The van der Waals surface area contributed by atoms with Gasteiger partial charge in [0.25, 0.3) is 0 Å². The van der Waals surface area contributed by atoms with Gasteiger partial charge in [-0.3, -0.25) is 0 Å². The number of likely N-dealkylation sites (N-methyl/N-ethyl adjacent to an activating group) is 2. The lowest BCUT2D eigenvalue weighted by Crippen LogP contribution is -2.35. The molecular weight excluding hydrogens is 507 g/mol. The topological polar surface area (TPSA) is 57.3 Å². The summed E-state index contributed by atoms with van der Waals surface area (Å²) >= 11 is 0. The highest BCUT2D eigenvalue weighted by Gasteiger charge is 2.37. The maximum Gasteiger partial charge on any atom is 0.415 e. The summed E-state index contributed by atoms with van der Waals surface area (Å²) < 4.78 is 25.8. The number of nitrogens with one attached hydrogen (secondary N) is 1. The maximum atomic E-state index is 14.4. The molecule has 0 spiro atoms. The number of hydrogen-bond acceptors (Lipinski definition) is 6. The molecule has 1 amide bonds. The van der Waals surface area contributed by atoms with Crippen LogP contribution in [0.5, 0.6) is 11.5 Å². The van der Waals surface area contributed by atoms with Crippen LogP contribution in [-0.2, 0) is 6.54 Å². The SMILES string of the molecule is COc1cc(OC(=O)N(C)CCN(C)C)ccc1-c1ccc2c3c1CN(c1cc(F)ccc1C)C3=CC(C)(C)N2. The van der Waals surface area contributed by atoms with Crippen LogP contribution >= 0.6 is 0 Å². The van der Waals surface area contributed by atoms with E-state index in [9.17, 15) is 9.18 Å². The van der Waals surface area contributed by atoms with Crippen molar-refractivity contribution < 1.29 is 18.7 Å². The van der Waals surface area contributed by atoms with Gasteiger partial charge in [-0.25, -0.2) is 9.18 Å². The molecule has 5 rings (SSSR count). The van der Waals surface area contributed by atoms with Crippen LogP contribution in [0.25, 0.3) is 16.8 Å². The predicted molar refractivity (Wildman–Crippen MR) is 159 cm³/mol. The fourth-order valence-corrected chi connectivity index (χ4v) is 5.38. The molecule has 2 aliphatic heterocycles. The van der Waals surface area contributed by atoms with Crippen LogP contribution in [0.4, 0.5) is 20.6 Å². The molecule has 7 nitrogen and oxygen atoms in total. The minimum Gasteiger partial charge on any atom is -0.496 e. The Morgan fingerprint density at radius 3 is 2.52 bits per heavy atom. The number of halogens is 1. The molecule has 0 unspecified atom stereocenters. The summed E-state index contributed by atoms with van der Waals surface area (Å²) in [5.41, 5.74) is 7.84. The van der Waals surface area contributed by atoms with Gasteiger partial charge in [0.15, 0.2) is 0 Å². The fourth-order valence-electron chi connectivity index (χ4n) is 5.38. The minimum atomic E-state index is -0.423. The number of methoxy groups -OCH3 is 1. The van der Waals surface area contributed by atoms with E-state index in [1.165, 1.54) is 6.07 Å². The monoisotopic (exact) mass is 544 g/mol. The van der Waals surface area contributed by atoms with Crippen LogP contribution in [0.15, 0.2) is 54.6 Å². The summed E-state index contributed by atoms with van der Waals surface area (Å²) in [6.07, 6.45) is 1.79. The van der Waals surface area contributed by atoms with Crippen LogP contribution in [0, 0.1) is 12.7 Å². The van der Waals surface area contributed by atoms with E-state index in [1.807, 2.05) is 38.1 Å². The predicted octanol–water partition coefficient (Wildman–Crippen LogP) is 6.37. The highest BCUT2D eigenvalue weighted by atomic mass is 19.1. The van der Waals surface area contributed by atoms with Crippen molar-refractivity contribution in [2.24, 2.45) is 0 Å². The van der Waals surface area contributed by atoms with E-state index in [4.69, 9.17) is 9.47 Å². The van der Waals surface area contributed by atoms with Crippen LogP contribution < -0.4 is 19.7 Å². The first-order valence-corrected chi connectivity index (χ1v) is 13.4. The molecule has 0 aliphatic carbocycles. The number of nitrogens with zero attached hydrogens (tertiary/aromatic N) is 3. The van der Waals surface area contributed by atoms with Crippen molar-refractivity contribution in [3.63, 3.8) is 0 Å². The molecular formula is C32H37FN4O3. The number of rotatable bonds is 7. The minimum absolute atomic E-state index is 0.259. The Bertz CT molecular complexity index is 1500. The Hall–Kier alpha value is -4.04. The highest BCUT2D eigenvalue weighted by molar-refractivity contribution is 5.97. The fraction of sp³-hybridized carbons (Fsp3) is 0.344. The van der Waals surface area contributed by atoms with Crippen LogP contribution in [0.3, 0.4) is 0 Å². The third-order valence-electron chi connectivity index (χ3n) is 7.46. The Morgan fingerprint density at radius 1 is 1.05 bits per heavy atom. The molecule has 0 bridgehead atoms. The lowest BCUT2D eigenvalue weighted by molar-refractivity contribution is 0.159. The summed E-state index contributed by atoms with van der Waals surface area (Å²) in [5, 5.41) is 3.64. The summed E-state index contributed by atoms with van der Waals surface area (Å²) in [6, 6.07) is 14.6. The second kappa shape index (κ2) is 10.5. The first-order chi connectivity index (χ1) is 19.0. The Balaban J connectivity index is 1.53. The molecule has 210 valence electrons. The first-order valence-electron chi connectivity index (χ1n) is 13.4. The summed E-state index contributed by atoms with van der Waals surface area (Å²) in [7, 11) is 7.26. The Labute approximate surface area is 235 Å². The van der Waals surface area contributed by atoms with Gasteiger partial charge in [0.1, 0.15) is 17.3 Å². The second-order valence-electron chi connectivity index (χ2n) is 11.4. The molecule has 2 heterocycles. The zero-order chi connectivity index (χ0) is 28.8. The van der Waals surface area contributed by atoms with Crippen molar-refractivity contribution in [2.45, 2.75) is 32.9 Å². The third kappa shape index (κ3) is 5.23. The van der Waals surface area contributed by atoms with Gasteiger partial charge in [-0.05, 0) is 88.0 Å². The zero-order valence-corrected chi connectivity index (χ0v) is 24.3. The highest BCUT2D eigenvalue weighted by Crippen LogP contribution is 2.50. The van der Waals surface area contributed by atoms with Crippen molar-refractivity contribution in [3.8, 4) is 22.6 Å². The van der Waals surface area contributed by atoms with E-state index in [-0.39, 0.29) is 11.4 Å². The molecule has 3 aromatic carbocycles. The number of carbonyl (C=O) groups excluding carboxylic acids is 1. The summed E-state index contributed by atoms with van der Waals surface area (Å²) in [4.78, 5) is 18.4. The molecule has 0 saturated carbocycles. The van der Waals surface area contributed by atoms with Gasteiger partial charge < -0.3 is 29.5 Å². The lowest BCUT2D eigenvalue weighted by Gasteiger charge is -2.33. The molecule has 0 aromatic heterocycles. The van der Waals surface area contributed by atoms with E-state index < -0.39 is 6.09 Å². The number of hydrogen-bond donors (Lipinski definition) is 1. The normalized spacial score (nSPS) is 14.9. The third-order valence-corrected chi connectivity index (χ3v) is 7.46. The van der Waals surface area contributed by atoms with Crippen LogP contribution in [0.1, 0.15) is 30.5 Å². The molecule has 40 heavy (non-hydrogen) atoms. The largest absolute Gasteiger partial charge is 0.496 e. The molecule has 2 aliphatic rings. The number of anilines is 2. The maximum absolute atomic E-state index is 14.4. The van der Waals surface area contributed by atoms with Gasteiger partial charge in [-0.15, -0.1) is 0 Å². The molecule has 0 atom stereocenters. The van der Waals surface area contributed by atoms with E-state index in [2.05, 4.69) is 42.3 Å². The summed E-state index contributed by atoms with van der Waals surface area (Å²) in [5.74, 6) is 0.759. The lowest BCUT2D eigenvalue weighted by atomic mass is 9.89. The molecule has 8 heteroatoms. The number of ether oxygens (including phenoxy) is 2. The Morgan fingerprint density at radius 2 is 1.80 bits per heavy atom. The molecule has 3 aromatic rings. The molecule has 0 radical (unpaired) electrons. The quantitative estimate of drug-likeness (QED) is 0.373. The molecule has 1 N–H and O–H groups in total. The average Bonchev–Trinajstić information content (AvgIpc) is 3.27. The molecule has 0 saturated heterocycles. The number of amides is 1. The van der Waals surface area contributed by atoms with Crippen molar-refractivity contribution in [1.82, 2.24) is 9.80 Å². The zero-order valence-electron chi connectivity index (χ0n) is 24.3. The van der Waals surface area contributed by atoms with Crippen LogP contribution in [0.2, 0.25) is 0 Å². The number of benzene rings is 3.